The molecule has 0 spiro atoms. The molecule has 1 aromatic carbocycles. The predicted octanol–water partition coefficient (Wildman–Crippen LogP) is 1.91. The lowest BCUT2D eigenvalue weighted by atomic mass is 9.92. The van der Waals surface area contributed by atoms with Gasteiger partial charge < -0.3 is 4.90 Å². The highest BCUT2D eigenvalue weighted by Gasteiger charge is 2.45. The van der Waals surface area contributed by atoms with E-state index in [0.29, 0.717) is 36.8 Å². The van der Waals surface area contributed by atoms with E-state index >= 15 is 0 Å². The van der Waals surface area contributed by atoms with Crippen LogP contribution < -0.4 is 0 Å². The molecule has 2 aliphatic heterocycles. The molecule has 1 atom stereocenters. The van der Waals surface area contributed by atoms with E-state index in [1.807, 2.05) is 4.90 Å². The first-order valence-corrected chi connectivity index (χ1v) is 11.2. The summed E-state index contributed by atoms with van der Waals surface area (Å²) in [4.78, 5) is 16.9. The minimum absolute atomic E-state index is 0.00174. The smallest absolute Gasteiger partial charge is 0.253 e. The molecule has 26 heavy (non-hydrogen) atoms. The van der Waals surface area contributed by atoms with Crippen molar-refractivity contribution in [2.75, 3.05) is 45.5 Å². The first-order chi connectivity index (χ1) is 12.2. The molecule has 2 heterocycles. The van der Waals surface area contributed by atoms with Gasteiger partial charge in [0, 0.05) is 55.4 Å². The van der Waals surface area contributed by atoms with Gasteiger partial charge in [-0.05, 0) is 31.0 Å². The normalized spacial score (nSPS) is 25.6. The topological polar surface area (TPSA) is 60.9 Å². The van der Waals surface area contributed by atoms with Crippen LogP contribution in [-0.4, -0.2) is 79.5 Å². The molecule has 2 saturated heterocycles. The van der Waals surface area contributed by atoms with Gasteiger partial charge in [-0.15, -0.1) is 0 Å². The summed E-state index contributed by atoms with van der Waals surface area (Å²) in [6.45, 7) is 6.06. The van der Waals surface area contributed by atoms with E-state index in [-0.39, 0.29) is 11.4 Å². The van der Waals surface area contributed by atoms with Crippen LogP contribution in [0.5, 0.6) is 0 Å². The summed E-state index contributed by atoms with van der Waals surface area (Å²) in [5, 5.41) is 0.561. The van der Waals surface area contributed by atoms with Crippen molar-refractivity contribution in [1.29, 1.82) is 0 Å². The maximum absolute atomic E-state index is 12.7. The molecule has 0 radical (unpaired) electrons. The van der Waals surface area contributed by atoms with Gasteiger partial charge in [-0.2, -0.15) is 0 Å². The van der Waals surface area contributed by atoms with Crippen LogP contribution in [0.25, 0.3) is 0 Å². The summed E-state index contributed by atoms with van der Waals surface area (Å²) >= 11 is 5.99. The SMILES string of the molecule is CC[C@@]1(N2CCN(C(=O)c3cccc(Cl)c3)CC2)CCN(S(C)(=O)=O)C1. The van der Waals surface area contributed by atoms with Gasteiger partial charge in [0.05, 0.1) is 6.26 Å². The number of benzene rings is 1. The fraction of sp³-hybridized carbons (Fsp3) is 0.611. The second kappa shape index (κ2) is 7.46. The highest BCUT2D eigenvalue weighted by molar-refractivity contribution is 7.88. The number of nitrogens with zero attached hydrogens (tertiary/aromatic N) is 3. The molecule has 144 valence electrons. The van der Waals surface area contributed by atoms with Gasteiger partial charge in [0.2, 0.25) is 10.0 Å². The Bertz CT molecular complexity index is 778. The number of sulfonamides is 1. The summed E-state index contributed by atoms with van der Waals surface area (Å²) in [6.07, 6.45) is 3.03. The Morgan fingerprint density at radius 1 is 1.19 bits per heavy atom. The van der Waals surface area contributed by atoms with Crippen LogP contribution in [0.1, 0.15) is 30.1 Å². The van der Waals surface area contributed by atoms with Crippen LogP contribution in [0.15, 0.2) is 24.3 Å². The summed E-state index contributed by atoms with van der Waals surface area (Å²) in [5.41, 5.74) is 0.495. The number of rotatable bonds is 4. The van der Waals surface area contributed by atoms with Crippen LogP contribution in [0.2, 0.25) is 5.02 Å². The molecular weight excluding hydrogens is 374 g/mol. The van der Waals surface area contributed by atoms with Crippen molar-refractivity contribution >= 4 is 27.5 Å². The van der Waals surface area contributed by atoms with Crippen molar-refractivity contribution in [2.24, 2.45) is 0 Å². The van der Waals surface area contributed by atoms with Gasteiger partial charge in [-0.3, -0.25) is 9.69 Å². The first-order valence-electron chi connectivity index (χ1n) is 9.00. The number of carbonyl (C=O) groups is 1. The second-order valence-corrected chi connectivity index (χ2v) is 9.63. The molecule has 0 aliphatic carbocycles. The lowest BCUT2D eigenvalue weighted by Gasteiger charge is -2.45. The molecule has 0 bridgehead atoms. The molecule has 1 amide bonds. The largest absolute Gasteiger partial charge is 0.336 e. The third kappa shape index (κ3) is 3.91. The maximum atomic E-state index is 12.7. The molecule has 0 aromatic heterocycles. The minimum atomic E-state index is -3.16. The Morgan fingerprint density at radius 2 is 1.88 bits per heavy atom. The quantitative estimate of drug-likeness (QED) is 0.776. The third-order valence-corrected chi connectivity index (χ3v) is 7.22. The van der Waals surface area contributed by atoms with Crippen LogP contribution in [-0.2, 0) is 10.0 Å². The highest BCUT2D eigenvalue weighted by atomic mass is 35.5. The third-order valence-electron chi connectivity index (χ3n) is 5.73. The minimum Gasteiger partial charge on any atom is -0.336 e. The zero-order valence-corrected chi connectivity index (χ0v) is 16.9. The molecule has 0 N–H and O–H groups in total. The van der Waals surface area contributed by atoms with Crippen molar-refractivity contribution in [2.45, 2.75) is 25.3 Å². The Hall–Kier alpha value is -1.15. The van der Waals surface area contributed by atoms with Crippen LogP contribution in [0.4, 0.5) is 0 Å². The fourth-order valence-corrected chi connectivity index (χ4v) is 5.15. The highest BCUT2D eigenvalue weighted by Crippen LogP contribution is 2.33. The zero-order valence-electron chi connectivity index (χ0n) is 15.3. The molecule has 3 rings (SSSR count). The maximum Gasteiger partial charge on any atom is 0.253 e. The summed E-state index contributed by atoms with van der Waals surface area (Å²) < 4.78 is 25.4. The zero-order chi connectivity index (χ0) is 18.9. The first kappa shape index (κ1) is 19.6. The van der Waals surface area contributed by atoms with E-state index in [1.165, 1.54) is 6.26 Å². The van der Waals surface area contributed by atoms with Crippen molar-refractivity contribution < 1.29 is 13.2 Å². The van der Waals surface area contributed by atoms with E-state index in [9.17, 15) is 13.2 Å². The molecular formula is C18H26ClN3O3S. The van der Waals surface area contributed by atoms with Gasteiger partial charge in [0.1, 0.15) is 0 Å². The number of carbonyl (C=O) groups excluding carboxylic acids is 1. The van der Waals surface area contributed by atoms with E-state index in [0.717, 1.165) is 25.9 Å². The van der Waals surface area contributed by atoms with Crippen molar-refractivity contribution in [3.05, 3.63) is 34.9 Å². The molecule has 8 heteroatoms. The molecule has 0 unspecified atom stereocenters. The lowest BCUT2D eigenvalue weighted by Crippen LogP contribution is -2.59. The second-order valence-electron chi connectivity index (χ2n) is 7.21. The van der Waals surface area contributed by atoms with Crippen molar-refractivity contribution in [1.82, 2.24) is 14.1 Å². The average molecular weight is 400 g/mol. The Labute approximate surface area is 160 Å². The number of piperazine rings is 1. The van der Waals surface area contributed by atoms with Crippen LogP contribution in [0.3, 0.4) is 0 Å². The molecule has 2 aliphatic rings. The predicted molar refractivity (Wildman–Crippen MR) is 103 cm³/mol. The Kier molecular flexibility index (Phi) is 5.63. The van der Waals surface area contributed by atoms with E-state index in [1.54, 1.807) is 28.6 Å². The molecule has 1 aromatic rings. The van der Waals surface area contributed by atoms with Crippen LogP contribution >= 0.6 is 11.6 Å². The summed E-state index contributed by atoms with van der Waals surface area (Å²) in [7, 11) is -3.16. The summed E-state index contributed by atoms with van der Waals surface area (Å²) in [6, 6.07) is 7.03. The van der Waals surface area contributed by atoms with Crippen LogP contribution in [0, 0.1) is 0 Å². The number of hydrogen-bond donors (Lipinski definition) is 0. The lowest BCUT2D eigenvalue weighted by molar-refractivity contribution is 0.0313. The standard InChI is InChI=1S/C18H26ClN3O3S/c1-3-18(7-8-22(14-18)26(2,24)25)21-11-9-20(10-12-21)17(23)15-5-4-6-16(19)13-15/h4-6,13H,3,7-12,14H2,1-2H3/t18-/m1/s1. The van der Waals surface area contributed by atoms with E-state index in [2.05, 4.69) is 11.8 Å². The van der Waals surface area contributed by atoms with Gasteiger partial charge in [0.15, 0.2) is 0 Å². The monoisotopic (exact) mass is 399 g/mol. The van der Waals surface area contributed by atoms with Gasteiger partial charge in [-0.1, -0.05) is 24.6 Å². The van der Waals surface area contributed by atoms with Crippen molar-refractivity contribution in [3.63, 3.8) is 0 Å². The van der Waals surface area contributed by atoms with Gasteiger partial charge >= 0.3 is 0 Å². The number of amides is 1. The van der Waals surface area contributed by atoms with E-state index in [4.69, 9.17) is 11.6 Å². The van der Waals surface area contributed by atoms with E-state index < -0.39 is 10.0 Å². The molecule has 0 saturated carbocycles. The number of halogens is 1. The summed E-state index contributed by atoms with van der Waals surface area (Å²) in [5.74, 6) is 0.00174. The Balaban J connectivity index is 1.65. The molecule has 2 fully saturated rings. The average Bonchev–Trinajstić information content (AvgIpc) is 3.07. The Morgan fingerprint density at radius 3 is 2.42 bits per heavy atom. The van der Waals surface area contributed by atoms with Crippen molar-refractivity contribution in [3.8, 4) is 0 Å². The van der Waals surface area contributed by atoms with Gasteiger partial charge in [-0.25, -0.2) is 12.7 Å². The number of hydrogen-bond acceptors (Lipinski definition) is 4. The molecule has 6 nitrogen and oxygen atoms in total. The fourth-order valence-electron chi connectivity index (χ4n) is 4.06. The van der Waals surface area contributed by atoms with Gasteiger partial charge in [0.25, 0.3) is 5.91 Å².